The van der Waals surface area contributed by atoms with E-state index in [1.807, 2.05) is 4.90 Å². The van der Waals surface area contributed by atoms with Gasteiger partial charge in [-0.1, -0.05) is 31.9 Å². The number of nitrogens with zero attached hydrogens (tertiary/aromatic N) is 1. The number of hydrogen-bond acceptors (Lipinski definition) is 5. The summed E-state index contributed by atoms with van der Waals surface area (Å²) in [4.78, 5) is 1.90. The lowest BCUT2D eigenvalue weighted by Gasteiger charge is -2.26. The highest BCUT2D eigenvalue weighted by molar-refractivity contribution is 4.80. The van der Waals surface area contributed by atoms with Crippen molar-refractivity contribution >= 4 is 0 Å². The van der Waals surface area contributed by atoms with Gasteiger partial charge in [-0.05, 0) is 32.2 Å². The van der Waals surface area contributed by atoms with Crippen LogP contribution in [0.15, 0.2) is 12.2 Å². The minimum atomic E-state index is -0.798. The average Bonchev–Trinajstić information content (AvgIpc) is 2.49. The summed E-state index contributed by atoms with van der Waals surface area (Å²) >= 11 is 0. The van der Waals surface area contributed by atoms with Crippen molar-refractivity contribution in [1.29, 1.82) is 0 Å². The van der Waals surface area contributed by atoms with Crippen molar-refractivity contribution in [3.8, 4) is 0 Å². The normalized spacial score (nSPS) is 15.0. The van der Waals surface area contributed by atoms with Crippen molar-refractivity contribution in [2.24, 2.45) is 0 Å². The van der Waals surface area contributed by atoms with Crippen molar-refractivity contribution in [1.82, 2.24) is 4.90 Å². The quantitative estimate of drug-likeness (QED) is 0.283. The van der Waals surface area contributed by atoms with Gasteiger partial charge in [-0.25, -0.2) is 0 Å². The van der Waals surface area contributed by atoms with Crippen LogP contribution < -0.4 is 0 Å². The van der Waals surface area contributed by atoms with Gasteiger partial charge in [0, 0.05) is 13.1 Å². The summed E-state index contributed by atoms with van der Waals surface area (Å²) in [5, 5.41) is 36.8. The molecule has 0 fully saturated rings. The van der Waals surface area contributed by atoms with E-state index in [-0.39, 0.29) is 13.2 Å². The molecule has 5 nitrogen and oxygen atoms in total. The van der Waals surface area contributed by atoms with E-state index in [0.717, 1.165) is 38.6 Å². The Hall–Kier alpha value is -0.460. The molecule has 0 aromatic heterocycles. The maximum absolute atomic E-state index is 9.49. The third-order valence-corrected chi connectivity index (χ3v) is 3.33. The fraction of sp³-hybridized carbons (Fsp3) is 0.875. The van der Waals surface area contributed by atoms with E-state index in [1.165, 1.54) is 6.42 Å². The van der Waals surface area contributed by atoms with Crippen molar-refractivity contribution in [2.45, 2.75) is 57.7 Å². The standard InChI is InChI=1S/C16H33NO4/c1-2-3-4-5-6-7-8-9-10-17(11-15(20)13-18)12-16(21)14-19/h4-5,15-16,18-21H,2-3,6-14H2,1H3/b5-4+. The molecule has 0 radical (unpaired) electrons. The first-order valence-corrected chi connectivity index (χ1v) is 8.09. The van der Waals surface area contributed by atoms with Gasteiger partial charge in [0.05, 0.1) is 25.4 Å². The van der Waals surface area contributed by atoms with Crippen LogP contribution in [0.2, 0.25) is 0 Å². The molecule has 2 atom stereocenters. The molecule has 5 heteroatoms. The van der Waals surface area contributed by atoms with E-state index in [1.54, 1.807) is 0 Å². The second-order valence-corrected chi connectivity index (χ2v) is 5.54. The third-order valence-electron chi connectivity index (χ3n) is 3.33. The topological polar surface area (TPSA) is 84.2 Å². The van der Waals surface area contributed by atoms with Crippen LogP contribution in [0.3, 0.4) is 0 Å². The molecule has 4 N–H and O–H groups in total. The lowest BCUT2D eigenvalue weighted by molar-refractivity contribution is 0.0228. The Morgan fingerprint density at radius 2 is 1.43 bits per heavy atom. The van der Waals surface area contributed by atoms with Gasteiger partial charge in [0.15, 0.2) is 0 Å². The zero-order chi connectivity index (χ0) is 15.9. The van der Waals surface area contributed by atoms with Crippen molar-refractivity contribution < 1.29 is 20.4 Å². The monoisotopic (exact) mass is 303 g/mol. The first-order valence-electron chi connectivity index (χ1n) is 8.09. The van der Waals surface area contributed by atoms with Gasteiger partial charge in [0.2, 0.25) is 0 Å². The summed E-state index contributed by atoms with van der Waals surface area (Å²) in [5.74, 6) is 0. The maximum Gasteiger partial charge on any atom is 0.0897 e. The van der Waals surface area contributed by atoms with Crippen molar-refractivity contribution in [3.05, 3.63) is 12.2 Å². The molecule has 21 heavy (non-hydrogen) atoms. The number of rotatable bonds is 14. The van der Waals surface area contributed by atoms with Gasteiger partial charge < -0.3 is 20.4 Å². The average molecular weight is 303 g/mol. The van der Waals surface area contributed by atoms with Crippen LogP contribution >= 0.6 is 0 Å². The van der Waals surface area contributed by atoms with E-state index in [4.69, 9.17) is 10.2 Å². The number of aliphatic hydroxyl groups is 4. The van der Waals surface area contributed by atoms with Gasteiger partial charge >= 0.3 is 0 Å². The van der Waals surface area contributed by atoms with Crippen LogP contribution in [0.4, 0.5) is 0 Å². The predicted octanol–water partition coefficient (Wildman–Crippen LogP) is 0.911. The van der Waals surface area contributed by atoms with E-state index >= 15 is 0 Å². The minimum Gasteiger partial charge on any atom is -0.394 e. The van der Waals surface area contributed by atoms with Crippen molar-refractivity contribution in [2.75, 3.05) is 32.8 Å². The number of unbranched alkanes of at least 4 members (excludes halogenated alkanes) is 4. The summed E-state index contributed by atoms with van der Waals surface area (Å²) in [6, 6.07) is 0. The van der Waals surface area contributed by atoms with Gasteiger partial charge in [-0.2, -0.15) is 0 Å². The highest BCUT2D eigenvalue weighted by Crippen LogP contribution is 2.05. The molecule has 0 aliphatic rings. The maximum atomic E-state index is 9.49. The molecule has 0 rings (SSSR count). The molecular formula is C16H33NO4. The first kappa shape index (κ1) is 20.5. The zero-order valence-corrected chi connectivity index (χ0v) is 13.3. The Bertz CT molecular complexity index is 236. The molecule has 0 aromatic rings. The minimum absolute atomic E-state index is 0.284. The predicted molar refractivity (Wildman–Crippen MR) is 85.1 cm³/mol. The second-order valence-electron chi connectivity index (χ2n) is 5.54. The number of aliphatic hydroxyl groups excluding tert-OH is 4. The van der Waals surface area contributed by atoms with E-state index < -0.39 is 12.2 Å². The second kappa shape index (κ2) is 14.5. The molecule has 0 saturated heterocycles. The van der Waals surface area contributed by atoms with Crippen LogP contribution in [0.1, 0.15) is 45.4 Å². The summed E-state index contributed by atoms with van der Waals surface area (Å²) in [6.07, 6.45) is 9.50. The summed E-state index contributed by atoms with van der Waals surface area (Å²) in [7, 11) is 0. The molecule has 0 bridgehead atoms. The fourth-order valence-electron chi connectivity index (χ4n) is 2.15. The summed E-state index contributed by atoms with van der Waals surface area (Å²) in [5.41, 5.74) is 0. The van der Waals surface area contributed by atoms with Crippen molar-refractivity contribution in [3.63, 3.8) is 0 Å². The number of allylic oxidation sites excluding steroid dienone is 2. The largest absolute Gasteiger partial charge is 0.394 e. The molecule has 0 aliphatic carbocycles. The molecule has 0 aromatic carbocycles. The fourth-order valence-corrected chi connectivity index (χ4v) is 2.15. The Morgan fingerprint density at radius 3 is 1.95 bits per heavy atom. The van der Waals surface area contributed by atoms with Crippen LogP contribution in [0.25, 0.3) is 0 Å². The van der Waals surface area contributed by atoms with E-state index in [0.29, 0.717) is 13.1 Å². The van der Waals surface area contributed by atoms with Crippen LogP contribution in [0, 0.1) is 0 Å². The molecule has 2 unspecified atom stereocenters. The third kappa shape index (κ3) is 13.0. The van der Waals surface area contributed by atoms with Gasteiger partial charge in [0.1, 0.15) is 0 Å². The van der Waals surface area contributed by atoms with E-state index in [2.05, 4.69) is 19.1 Å². The first-order chi connectivity index (χ1) is 10.1. The molecule has 0 amide bonds. The van der Waals surface area contributed by atoms with Gasteiger partial charge in [-0.15, -0.1) is 0 Å². The SMILES string of the molecule is CCC/C=C/CCCCCN(CC(O)CO)CC(O)CO. The van der Waals surface area contributed by atoms with Crippen LogP contribution in [-0.2, 0) is 0 Å². The lowest BCUT2D eigenvalue weighted by atomic mass is 10.1. The molecule has 0 spiro atoms. The highest BCUT2D eigenvalue weighted by atomic mass is 16.3. The molecule has 0 saturated carbocycles. The van der Waals surface area contributed by atoms with Gasteiger partial charge in [-0.3, -0.25) is 4.90 Å². The zero-order valence-electron chi connectivity index (χ0n) is 13.3. The summed E-state index contributed by atoms with van der Waals surface area (Å²) in [6.45, 7) is 3.00. The Morgan fingerprint density at radius 1 is 0.857 bits per heavy atom. The Balaban J connectivity index is 3.84. The lowest BCUT2D eigenvalue weighted by Crippen LogP contribution is -2.40. The molecule has 126 valence electrons. The van der Waals surface area contributed by atoms with E-state index in [9.17, 15) is 10.2 Å². The van der Waals surface area contributed by atoms with Crippen LogP contribution in [0.5, 0.6) is 0 Å². The van der Waals surface area contributed by atoms with Crippen LogP contribution in [-0.4, -0.2) is 70.4 Å². The molecule has 0 heterocycles. The molecular weight excluding hydrogens is 270 g/mol. The highest BCUT2D eigenvalue weighted by Gasteiger charge is 2.14. The Kier molecular flexibility index (Phi) is 14.2. The Labute approximate surface area is 128 Å². The molecule has 0 aliphatic heterocycles. The number of hydrogen-bond donors (Lipinski definition) is 4. The smallest absolute Gasteiger partial charge is 0.0897 e. The van der Waals surface area contributed by atoms with Gasteiger partial charge in [0.25, 0.3) is 0 Å². The summed E-state index contributed by atoms with van der Waals surface area (Å²) < 4.78 is 0.